The Balaban J connectivity index is 1.75. The summed E-state index contributed by atoms with van der Waals surface area (Å²) in [7, 11) is 0. The predicted molar refractivity (Wildman–Crippen MR) is 70.7 cm³/mol. The molecule has 4 heteroatoms. The summed E-state index contributed by atoms with van der Waals surface area (Å²) in [4.78, 5) is 0. The molecule has 1 aromatic carbocycles. The van der Waals surface area contributed by atoms with Gasteiger partial charge in [0.1, 0.15) is 0 Å². The van der Waals surface area contributed by atoms with Crippen LogP contribution in [0.25, 0.3) is 9.78 Å². The van der Waals surface area contributed by atoms with E-state index in [1.165, 1.54) is 14.3 Å². The summed E-state index contributed by atoms with van der Waals surface area (Å²) in [6.07, 6.45) is 1.96. The number of nitrogens with zero attached hydrogens (tertiary/aromatic N) is 1. The molecular weight excluding hydrogens is 293 g/mol. The molecule has 0 N–H and O–H groups in total. The Hall–Kier alpha value is -0.671. The van der Waals surface area contributed by atoms with Crippen molar-refractivity contribution in [2.24, 2.45) is 0 Å². The van der Waals surface area contributed by atoms with E-state index in [1.54, 1.807) is 0 Å². The molecule has 0 atom stereocenters. The molecule has 1 aromatic heterocycles. The molecule has 3 nitrogen and oxygen atoms in total. The van der Waals surface area contributed by atoms with Gasteiger partial charge in [-0.2, -0.15) is 0 Å². The van der Waals surface area contributed by atoms with Crippen molar-refractivity contribution in [1.82, 2.24) is 0 Å². The van der Waals surface area contributed by atoms with Crippen molar-refractivity contribution in [1.29, 1.82) is 0 Å². The zero-order valence-electron chi connectivity index (χ0n) is 10.6. The Morgan fingerprint density at radius 1 is 1.28 bits per heavy atom. The number of aromatic nitrogens is 1. The zero-order valence-corrected chi connectivity index (χ0v) is 12.3. The third-order valence-corrected chi connectivity index (χ3v) is 5.55. The van der Waals surface area contributed by atoms with Crippen LogP contribution < -0.4 is 4.57 Å². The van der Waals surface area contributed by atoms with Crippen molar-refractivity contribution in [2.45, 2.75) is 32.6 Å². The van der Waals surface area contributed by atoms with E-state index >= 15 is 0 Å². The van der Waals surface area contributed by atoms with E-state index in [0.29, 0.717) is 14.5 Å². The van der Waals surface area contributed by atoms with Gasteiger partial charge in [0, 0.05) is 0 Å². The topological polar surface area (TPSA) is 22.3 Å². The van der Waals surface area contributed by atoms with Crippen LogP contribution in [-0.4, -0.2) is 34.0 Å². The second-order valence-electron chi connectivity index (χ2n) is 4.55. The summed E-state index contributed by atoms with van der Waals surface area (Å²) < 4.78 is 16.6. The molecule has 2 heterocycles. The molecule has 0 spiro atoms. The summed E-state index contributed by atoms with van der Waals surface area (Å²) in [5, 5.41) is 0. The quantitative estimate of drug-likeness (QED) is 0.635. The summed E-state index contributed by atoms with van der Waals surface area (Å²) >= 11 is 0.491. The van der Waals surface area contributed by atoms with Gasteiger partial charge in [0.25, 0.3) is 0 Å². The fraction of sp³-hybridized carbons (Fsp3) is 0.500. The monoisotopic (exact) mass is 312 g/mol. The molecule has 1 saturated heterocycles. The number of hydrogen-bond acceptors (Lipinski definition) is 2. The summed E-state index contributed by atoms with van der Waals surface area (Å²) in [5.41, 5.74) is 1.38. The van der Waals surface area contributed by atoms with Crippen LogP contribution in [0.5, 0.6) is 0 Å². The van der Waals surface area contributed by atoms with Crippen LogP contribution in [0, 0.1) is 6.92 Å². The number of para-hydroxylation sites is 1. The number of fused-ring (bicyclic) bond motifs is 1. The van der Waals surface area contributed by atoms with Crippen molar-refractivity contribution in [3.05, 3.63) is 28.8 Å². The molecular formula is C14H18NO2Se+. The molecule has 2 aromatic rings. The Labute approximate surface area is 113 Å². The van der Waals surface area contributed by atoms with E-state index in [2.05, 4.69) is 35.8 Å². The molecule has 0 amide bonds. The average molecular weight is 311 g/mol. The van der Waals surface area contributed by atoms with Gasteiger partial charge in [0.2, 0.25) is 0 Å². The van der Waals surface area contributed by atoms with Crippen molar-refractivity contribution < 1.29 is 14.0 Å². The fourth-order valence-electron chi connectivity index (χ4n) is 2.37. The normalized spacial score (nSPS) is 17.4. The number of benzene rings is 1. The first-order valence-corrected chi connectivity index (χ1v) is 8.17. The summed E-state index contributed by atoms with van der Waals surface area (Å²) in [6.45, 7) is 4.92. The number of ether oxygens (including phenoxy) is 2. The van der Waals surface area contributed by atoms with E-state index in [1.807, 2.05) is 0 Å². The van der Waals surface area contributed by atoms with Crippen molar-refractivity contribution in [3.63, 3.8) is 0 Å². The first-order valence-electron chi connectivity index (χ1n) is 6.46. The second-order valence-corrected chi connectivity index (χ2v) is 7.14. The van der Waals surface area contributed by atoms with Crippen LogP contribution in [0.2, 0.25) is 0 Å². The maximum absolute atomic E-state index is 5.61. The SMILES string of the molecule is Cc1[se]c2ccccc2[n+]1CCC1OCCCO1. The van der Waals surface area contributed by atoms with Crippen LogP contribution in [-0.2, 0) is 16.0 Å². The van der Waals surface area contributed by atoms with E-state index in [9.17, 15) is 0 Å². The van der Waals surface area contributed by atoms with Gasteiger partial charge in [-0.3, -0.25) is 0 Å². The van der Waals surface area contributed by atoms with Gasteiger partial charge in [-0.05, 0) is 0 Å². The molecule has 3 rings (SSSR count). The standard InChI is InChI=1S/C14H18NO2Se/c1-11-15(8-7-14-16-9-4-10-17-14)12-5-2-3-6-13(12)18-11/h2-3,5-6,14H,4,7-10H2,1H3/q+1. The molecule has 0 radical (unpaired) electrons. The van der Waals surface area contributed by atoms with Crippen molar-refractivity contribution in [3.8, 4) is 0 Å². The van der Waals surface area contributed by atoms with Crippen LogP contribution in [0.3, 0.4) is 0 Å². The summed E-state index contributed by atoms with van der Waals surface area (Å²) in [6, 6.07) is 8.71. The Bertz CT molecular complexity index is 532. The van der Waals surface area contributed by atoms with Crippen LogP contribution in [0.15, 0.2) is 24.3 Å². The minimum atomic E-state index is -0.00758. The fourth-order valence-corrected chi connectivity index (χ4v) is 4.56. The molecule has 0 aliphatic carbocycles. The molecule has 0 saturated carbocycles. The van der Waals surface area contributed by atoms with Gasteiger partial charge < -0.3 is 0 Å². The van der Waals surface area contributed by atoms with Gasteiger partial charge in [-0.15, -0.1) is 0 Å². The predicted octanol–water partition coefficient (Wildman–Crippen LogP) is 1.65. The molecule has 0 bridgehead atoms. The van der Waals surface area contributed by atoms with Crippen LogP contribution in [0.1, 0.15) is 17.4 Å². The minimum absolute atomic E-state index is 0.00758. The molecule has 96 valence electrons. The molecule has 1 fully saturated rings. The van der Waals surface area contributed by atoms with Gasteiger partial charge in [-0.1, -0.05) is 0 Å². The van der Waals surface area contributed by atoms with Gasteiger partial charge in [0.05, 0.1) is 0 Å². The maximum atomic E-state index is 5.61. The van der Waals surface area contributed by atoms with Gasteiger partial charge >= 0.3 is 113 Å². The molecule has 1 aliphatic heterocycles. The number of rotatable bonds is 3. The van der Waals surface area contributed by atoms with Gasteiger partial charge in [-0.25, -0.2) is 0 Å². The molecule has 1 aliphatic rings. The van der Waals surface area contributed by atoms with Crippen LogP contribution >= 0.6 is 0 Å². The van der Waals surface area contributed by atoms with Crippen molar-refractivity contribution >= 4 is 24.3 Å². The first-order chi connectivity index (χ1) is 8.84. The first kappa shape index (κ1) is 12.4. The third kappa shape index (κ3) is 2.52. The zero-order chi connectivity index (χ0) is 12.4. The Kier molecular flexibility index (Phi) is 3.80. The van der Waals surface area contributed by atoms with E-state index < -0.39 is 0 Å². The molecule has 18 heavy (non-hydrogen) atoms. The van der Waals surface area contributed by atoms with E-state index in [0.717, 1.165) is 32.6 Å². The Morgan fingerprint density at radius 2 is 2.06 bits per heavy atom. The third-order valence-electron chi connectivity index (χ3n) is 3.28. The number of aryl methyl sites for hydroxylation is 2. The molecule has 0 unspecified atom stereocenters. The van der Waals surface area contributed by atoms with Gasteiger partial charge in [0.15, 0.2) is 0 Å². The van der Waals surface area contributed by atoms with E-state index in [4.69, 9.17) is 9.47 Å². The Morgan fingerprint density at radius 3 is 2.89 bits per heavy atom. The van der Waals surface area contributed by atoms with Crippen molar-refractivity contribution in [2.75, 3.05) is 13.2 Å². The summed E-state index contributed by atoms with van der Waals surface area (Å²) in [5.74, 6) is 0. The van der Waals surface area contributed by atoms with E-state index in [-0.39, 0.29) is 6.29 Å². The second kappa shape index (κ2) is 5.54. The average Bonchev–Trinajstić information content (AvgIpc) is 2.73. The number of hydrogen-bond donors (Lipinski definition) is 0. The van der Waals surface area contributed by atoms with Crippen LogP contribution in [0.4, 0.5) is 0 Å².